The lowest BCUT2D eigenvalue weighted by Gasteiger charge is -1.99. The SMILES string of the molecule is CCOC(=O)CCc1csc(Cc2ccccn2)n1. The molecule has 0 aliphatic heterocycles. The minimum absolute atomic E-state index is 0.165. The molecule has 4 nitrogen and oxygen atoms in total. The molecule has 0 amide bonds. The van der Waals surface area contributed by atoms with Crippen LogP contribution in [0.5, 0.6) is 0 Å². The highest BCUT2D eigenvalue weighted by Crippen LogP contribution is 2.14. The molecule has 5 heteroatoms. The highest BCUT2D eigenvalue weighted by atomic mass is 32.1. The molecule has 0 spiro atoms. The van der Waals surface area contributed by atoms with Crippen molar-refractivity contribution in [3.63, 3.8) is 0 Å². The van der Waals surface area contributed by atoms with Crippen molar-refractivity contribution in [3.05, 3.63) is 46.2 Å². The zero-order valence-corrected chi connectivity index (χ0v) is 11.7. The van der Waals surface area contributed by atoms with E-state index < -0.39 is 0 Å². The number of esters is 1. The van der Waals surface area contributed by atoms with E-state index in [0.29, 0.717) is 19.4 Å². The summed E-state index contributed by atoms with van der Waals surface area (Å²) in [6, 6.07) is 5.85. The maximum atomic E-state index is 11.3. The van der Waals surface area contributed by atoms with E-state index >= 15 is 0 Å². The van der Waals surface area contributed by atoms with Crippen molar-refractivity contribution in [2.75, 3.05) is 6.61 Å². The van der Waals surface area contributed by atoms with Crippen molar-refractivity contribution >= 4 is 17.3 Å². The van der Waals surface area contributed by atoms with Gasteiger partial charge in [-0.05, 0) is 19.1 Å². The van der Waals surface area contributed by atoms with E-state index in [1.807, 2.05) is 30.5 Å². The first-order valence-corrected chi connectivity index (χ1v) is 7.14. The number of hydrogen-bond acceptors (Lipinski definition) is 5. The summed E-state index contributed by atoms with van der Waals surface area (Å²) >= 11 is 1.61. The fourth-order valence-electron chi connectivity index (χ4n) is 1.67. The van der Waals surface area contributed by atoms with E-state index in [1.165, 1.54) is 0 Å². The second-order valence-electron chi connectivity index (χ2n) is 4.04. The topological polar surface area (TPSA) is 52.1 Å². The number of hydrogen-bond donors (Lipinski definition) is 0. The Hall–Kier alpha value is -1.75. The van der Waals surface area contributed by atoms with Gasteiger partial charge in [-0.15, -0.1) is 11.3 Å². The Kier molecular flexibility index (Phi) is 5.03. The summed E-state index contributed by atoms with van der Waals surface area (Å²) in [5.74, 6) is -0.165. The van der Waals surface area contributed by atoms with Crippen LogP contribution in [0.1, 0.15) is 29.7 Å². The molecule has 0 bridgehead atoms. The first kappa shape index (κ1) is 13.7. The first-order chi connectivity index (χ1) is 9.28. The van der Waals surface area contributed by atoms with Gasteiger partial charge in [0.05, 0.1) is 23.7 Å². The molecule has 0 radical (unpaired) electrons. The molecular formula is C14H16N2O2S. The maximum Gasteiger partial charge on any atom is 0.306 e. The van der Waals surface area contributed by atoms with Gasteiger partial charge in [0.25, 0.3) is 0 Å². The number of ether oxygens (including phenoxy) is 1. The molecule has 0 saturated heterocycles. The number of aryl methyl sites for hydroxylation is 1. The van der Waals surface area contributed by atoms with E-state index in [-0.39, 0.29) is 5.97 Å². The number of pyridine rings is 1. The normalized spacial score (nSPS) is 10.4. The lowest BCUT2D eigenvalue weighted by molar-refractivity contribution is -0.143. The molecule has 0 saturated carbocycles. The van der Waals surface area contributed by atoms with E-state index in [0.717, 1.165) is 22.8 Å². The van der Waals surface area contributed by atoms with Crippen LogP contribution in [0.15, 0.2) is 29.8 Å². The van der Waals surface area contributed by atoms with Crippen molar-refractivity contribution in [2.45, 2.75) is 26.2 Å². The van der Waals surface area contributed by atoms with Crippen LogP contribution < -0.4 is 0 Å². The Balaban J connectivity index is 1.87. The average molecular weight is 276 g/mol. The highest BCUT2D eigenvalue weighted by molar-refractivity contribution is 7.09. The molecule has 0 aliphatic carbocycles. The van der Waals surface area contributed by atoms with Crippen molar-refractivity contribution < 1.29 is 9.53 Å². The Morgan fingerprint density at radius 1 is 1.37 bits per heavy atom. The molecule has 0 aromatic carbocycles. The molecule has 2 heterocycles. The maximum absolute atomic E-state index is 11.3. The predicted octanol–water partition coefficient (Wildman–Crippen LogP) is 2.62. The third kappa shape index (κ3) is 4.44. The summed E-state index contributed by atoms with van der Waals surface area (Å²) in [5.41, 5.74) is 1.96. The van der Waals surface area contributed by atoms with E-state index in [9.17, 15) is 4.79 Å². The third-order valence-corrected chi connectivity index (χ3v) is 3.45. The van der Waals surface area contributed by atoms with Crippen LogP contribution in [0, 0.1) is 0 Å². The van der Waals surface area contributed by atoms with Crippen LogP contribution in [0.25, 0.3) is 0 Å². The minimum Gasteiger partial charge on any atom is -0.466 e. The number of rotatable bonds is 6. The zero-order chi connectivity index (χ0) is 13.5. The van der Waals surface area contributed by atoms with Gasteiger partial charge in [-0.1, -0.05) is 6.07 Å². The molecule has 0 atom stereocenters. The first-order valence-electron chi connectivity index (χ1n) is 6.26. The van der Waals surface area contributed by atoms with Crippen LogP contribution >= 0.6 is 11.3 Å². The van der Waals surface area contributed by atoms with Crippen molar-refractivity contribution in [3.8, 4) is 0 Å². The largest absolute Gasteiger partial charge is 0.466 e. The fraction of sp³-hybridized carbons (Fsp3) is 0.357. The van der Waals surface area contributed by atoms with Gasteiger partial charge in [-0.25, -0.2) is 4.98 Å². The van der Waals surface area contributed by atoms with Gasteiger partial charge >= 0.3 is 5.97 Å². The molecule has 100 valence electrons. The molecule has 2 aromatic heterocycles. The van der Waals surface area contributed by atoms with Crippen molar-refractivity contribution in [2.24, 2.45) is 0 Å². The average Bonchev–Trinajstić information content (AvgIpc) is 2.86. The summed E-state index contributed by atoms with van der Waals surface area (Å²) in [4.78, 5) is 20.0. The third-order valence-electron chi connectivity index (χ3n) is 2.55. The molecule has 0 unspecified atom stereocenters. The summed E-state index contributed by atoms with van der Waals surface area (Å²) < 4.78 is 4.89. The molecule has 0 fully saturated rings. The summed E-state index contributed by atoms with van der Waals surface area (Å²) in [6.07, 6.45) is 3.55. The molecule has 2 rings (SSSR count). The summed E-state index contributed by atoms with van der Waals surface area (Å²) in [5, 5.41) is 3.02. The molecule has 0 aliphatic rings. The second-order valence-corrected chi connectivity index (χ2v) is 4.98. The number of nitrogens with zero attached hydrogens (tertiary/aromatic N) is 2. The lowest BCUT2D eigenvalue weighted by Crippen LogP contribution is -2.05. The van der Waals surface area contributed by atoms with Crippen LogP contribution in [0.4, 0.5) is 0 Å². The lowest BCUT2D eigenvalue weighted by atomic mass is 10.2. The van der Waals surface area contributed by atoms with Gasteiger partial charge in [0, 0.05) is 30.1 Å². The number of carbonyl (C=O) groups is 1. The fourth-order valence-corrected chi connectivity index (χ4v) is 2.51. The highest BCUT2D eigenvalue weighted by Gasteiger charge is 2.07. The van der Waals surface area contributed by atoms with E-state index in [2.05, 4.69) is 9.97 Å². The smallest absolute Gasteiger partial charge is 0.306 e. The molecule has 2 aromatic rings. The molecule has 0 N–H and O–H groups in total. The minimum atomic E-state index is -0.165. The molecule has 19 heavy (non-hydrogen) atoms. The van der Waals surface area contributed by atoms with Gasteiger partial charge in [-0.2, -0.15) is 0 Å². The van der Waals surface area contributed by atoms with Crippen molar-refractivity contribution in [1.82, 2.24) is 9.97 Å². The van der Waals surface area contributed by atoms with E-state index in [4.69, 9.17) is 4.74 Å². The zero-order valence-electron chi connectivity index (χ0n) is 10.8. The number of aromatic nitrogens is 2. The van der Waals surface area contributed by atoms with E-state index in [1.54, 1.807) is 17.5 Å². The monoisotopic (exact) mass is 276 g/mol. The van der Waals surface area contributed by atoms with Crippen LogP contribution in [0.2, 0.25) is 0 Å². The predicted molar refractivity (Wildman–Crippen MR) is 74.1 cm³/mol. The van der Waals surface area contributed by atoms with Gasteiger partial charge in [0.15, 0.2) is 0 Å². The summed E-state index contributed by atoms with van der Waals surface area (Å²) in [6.45, 7) is 2.24. The Morgan fingerprint density at radius 3 is 3.00 bits per heavy atom. The van der Waals surface area contributed by atoms with Gasteiger partial charge in [0.2, 0.25) is 0 Å². The quantitative estimate of drug-likeness (QED) is 0.761. The standard InChI is InChI=1S/C14H16N2O2S/c1-2-18-14(17)7-6-12-10-19-13(16-12)9-11-5-3-4-8-15-11/h3-5,8,10H,2,6-7,9H2,1H3. The van der Waals surface area contributed by atoms with Gasteiger partial charge in [-0.3, -0.25) is 9.78 Å². The Labute approximate surface area is 116 Å². The number of carbonyl (C=O) groups excluding carboxylic acids is 1. The van der Waals surface area contributed by atoms with Crippen LogP contribution in [-0.4, -0.2) is 22.5 Å². The van der Waals surface area contributed by atoms with Gasteiger partial charge in [0.1, 0.15) is 0 Å². The molecular weight excluding hydrogens is 260 g/mol. The summed E-state index contributed by atoms with van der Waals surface area (Å²) in [7, 11) is 0. The Morgan fingerprint density at radius 2 is 2.26 bits per heavy atom. The van der Waals surface area contributed by atoms with Crippen molar-refractivity contribution in [1.29, 1.82) is 0 Å². The Bertz CT molecular complexity index is 525. The van der Waals surface area contributed by atoms with Crippen LogP contribution in [0.3, 0.4) is 0 Å². The number of thiazole rings is 1. The second kappa shape index (κ2) is 6.99. The van der Waals surface area contributed by atoms with Gasteiger partial charge < -0.3 is 4.74 Å². The van der Waals surface area contributed by atoms with Crippen LogP contribution in [-0.2, 0) is 22.4 Å².